The average Bonchev–Trinajstić information content (AvgIpc) is 2.38. The molecule has 7 unspecified atom stereocenters. The maximum absolute atomic E-state index is 5.88. The van der Waals surface area contributed by atoms with Gasteiger partial charge in [0.15, 0.2) is 0 Å². The summed E-state index contributed by atoms with van der Waals surface area (Å²) in [6.07, 6.45) is 2.51. The Kier molecular flexibility index (Phi) is 4.92. The van der Waals surface area contributed by atoms with E-state index in [1.54, 1.807) is 0 Å². The zero-order valence-corrected chi connectivity index (χ0v) is 19.4. The van der Waals surface area contributed by atoms with Gasteiger partial charge in [-0.05, 0) is 54.8 Å². The second-order valence-corrected chi connectivity index (χ2v) is 12.8. The highest BCUT2D eigenvalue weighted by Gasteiger charge is 2.66. The molecule has 0 aromatic rings. The molecule has 7 atom stereocenters. The predicted molar refractivity (Wildman–Crippen MR) is 107 cm³/mol. The van der Waals surface area contributed by atoms with Crippen LogP contribution in [-0.2, 0) is 19.6 Å². The van der Waals surface area contributed by atoms with Crippen molar-refractivity contribution in [1.82, 2.24) is 0 Å². The molecule has 4 nitrogen and oxygen atoms in total. The second-order valence-electron chi connectivity index (χ2n) is 12.8. The number of rotatable bonds is 2. The van der Waals surface area contributed by atoms with Crippen molar-refractivity contribution in [1.29, 1.82) is 0 Å². The summed E-state index contributed by atoms with van der Waals surface area (Å²) in [5.41, 5.74) is -0.183. The first kappa shape index (κ1) is 21.5. The van der Waals surface area contributed by atoms with Crippen LogP contribution in [-0.4, -0.2) is 23.4 Å². The van der Waals surface area contributed by atoms with Gasteiger partial charge < -0.3 is 0 Å². The Labute approximate surface area is 166 Å². The molecular weight excluding hydrogens is 340 g/mol. The molecule has 158 valence electrons. The molecule has 2 saturated heterocycles. The van der Waals surface area contributed by atoms with Gasteiger partial charge in [0.1, 0.15) is 23.4 Å². The van der Waals surface area contributed by atoms with Crippen molar-refractivity contribution in [3.8, 4) is 0 Å². The van der Waals surface area contributed by atoms with E-state index in [-0.39, 0.29) is 39.7 Å². The average molecular weight is 383 g/mol. The minimum absolute atomic E-state index is 0.0634. The van der Waals surface area contributed by atoms with E-state index in [0.717, 1.165) is 12.8 Å². The lowest BCUT2D eigenvalue weighted by molar-refractivity contribution is -0.547. The van der Waals surface area contributed by atoms with Crippen LogP contribution in [0, 0.1) is 34.0 Å². The molecule has 4 heteroatoms. The normalized spacial score (nSPS) is 47.9. The Hall–Kier alpha value is -0.160. The van der Waals surface area contributed by atoms with Gasteiger partial charge in [-0.3, -0.25) is 0 Å². The largest absolute Gasteiger partial charge is 0.229 e. The molecule has 3 fully saturated rings. The van der Waals surface area contributed by atoms with E-state index in [0.29, 0.717) is 17.8 Å². The molecule has 0 bridgehead atoms. The van der Waals surface area contributed by atoms with Gasteiger partial charge in [0, 0.05) is 5.92 Å². The smallest absolute Gasteiger partial charge is 0.134 e. The molecular formula is C23H42O4. The van der Waals surface area contributed by atoms with Gasteiger partial charge in [-0.15, -0.1) is 0 Å². The predicted octanol–water partition coefficient (Wildman–Crippen LogP) is 5.95. The SMILES string of the molecule is CC1CC(C2(C)OOC2C(C)(C)C)CC(C)(C)C1C1(C)OOC1C(C)(C)C. The fourth-order valence-corrected chi connectivity index (χ4v) is 6.98. The Morgan fingerprint density at radius 3 is 1.52 bits per heavy atom. The third-order valence-corrected chi connectivity index (χ3v) is 7.53. The first-order valence-electron chi connectivity index (χ1n) is 10.7. The van der Waals surface area contributed by atoms with Crippen LogP contribution in [0.1, 0.15) is 89.0 Å². The first-order valence-corrected chi connectivity index (χ1v) is 10.7. The molecule has 0 aromatic heterocycles. The standard InChI is InChI=1S/C23H42O4/c1-14-12-15(22(10)17(24-26-22)19(2,3)4)13-21(8,9)16(14)23(11)18(25-27-23)20(5,6)7/h14-18H,12-13H2,1-11H3. The number of hydrogen-bond acceptors (Lipinski definition) is 4. The Morgan fingerprint density at radius 2 is 1.19 bits per heavy atom. The van der Waals surface area contributed by atoms with Crippen LogP contribution >= 0.6 is 0 Å². The summed E-state index contributed by atoms with van der Waals surface area (Å²) in [6.45, 7) is 25.2. The topological polar surface area (TPSA) is 36.9 Å². The van der Waals surface area contributed by atoms with Crippen LogP contribution in [0.2, 0.25) is 0 Å². The van der Waals surface area contributed by atoms with Gasteiger partial charge >= 0.3 is 0 Å². The van der Waals surface area contributed by atoms with Crippen molar-refractivity contribution in [3.63, 3.8) is 0 Å². The van der Waals surface area contributed by atoms with Crippen LogP contribution < -0.4 is 0 Å². The molecule has 2 heterocycles. The fraction of sp³-hybridized carbons (Fsp3) is 1.00. The van der Waals surface area contributed by atoms with Crippen LogP contribution in [0.5, 0.6) is 0 Å². The summed E-state index contributed by atoms with van der Waals surface area (Å²) in [5, 5.41) is 0. The molecule has 0 radical (unpaired) electrons. The minimum Gasteiger partial charge on any atom is -0.229 e. The lowest BCUT2D eigenvalue weighted by Gasteiger charge is -2.63. The Morgan fingerprint density at radius 1 is 0.741 bits per heavy atom. The molecule has 1 saturated carbocycles. The zero-order chi connectivity index (χ0) is 20.6. The fourth-order valence-electron chi connectivity index (χ4n) is 6.98. The van der Waals surface area contributed by atoms with Crippen LogP contribution in [0.3, 0.4) is 0 Å². The van der Waals surface area contributed by atoms with E-state index in [4.69, 9.17) is 19.6 Å². The summed E-state index contributed by atoms with van der Waals surface area (Å²) in [7, 11) is 0. The lowest BCUT2D eigenvalue weighted by Crippen LogP contribution is -2.70. The molecule has 0 amide bonds. The first-order chi connectivity index (χ1) is 12.0. The monoisotopic (exact) mass is 382 g/mol. The molecule has 0 N–H and O–H groups in total. The van der Waals surface area contributed by atoms with Gasteiger partial charge in [-0.1, -0.05) is 62.3 Å². The van der Waals surface area contributed by atoms with E-state index >= 15 is 0 Å². The van der Waals surface area contributed by atoms with E-state index < -0.39 is 0 Å². The van der Waals surface area contributed by atoms with Crippen molar-refractivity contribution in [2.24, 2.45) is 34.0 Å². The summed E-state index contributed by atoms with van der Waals surface area (Å²) < 4.78 is 0. The van der Waals surface area contributed by atoms with Crippen molar-refractivity contribution in [2.75, 3.05) is 0 Å². The van der Waals surface area contributed by atoms with Crippen molar-refractivity contribution in [3.05, 3.63) is 0 Å². The Balaban J connectivity index is 1.84. The maximum atomic E-state index is 5.88. The van der Waals surface area contributed by atoms with Crippen molar-refractivity contribution in [2.45, 2.75) is 112 Å². The molecule has 27 heavy (non-hydrogen) atoms. The van der Waals surface area contributed by atoms with E-state index in [1.165, 1.54) is 0 Å². The highest BCUT2D eigenvalue weighted by atomic mass is 17.3. The summed E-state index contributed by atoms with van der Waals surface area (Å²) >= 11 is 0. The lowest BCUT2D eigenvalue weighted by atomic mass is 9.50. The van der Waals surface area contributed by atoms with E-state index in [1.807, 2.05) is 0 Å². The van der Waals surface area contributed by atoms with Gasteiger partial charge in [0.2, 0.25) is 0 Å². The highest BCUT2D eigenvalue weighted by molar-refractivity contribution is 5.11. The van der Waals surface area contributed by atoms with Crippen LogP contribution in [0.25, 0.3) is 0 Å². The quantitative estimate of drug-likeness (QED) is 0.553. The second kappa shape index (κ2) is 6.17. The molecule has 0 spiro atoms. The van der Waals surface area contributed by atoms with Crippen molar-refractivity contribution >= 4 is 0 Å². The van der Waals surface area contributed by atoms with Crippen LogP contribution in [0.4, 0.5) is 0 Å². The van der Waals surface area contributed by atoms with E-state index in [9.17, 15) is 0 Å². The van der Waals surface area contributed by atoms with Gasteiger partial charge in [-0.2, -0.15) is 0 Å². The van der Waals surface area contributed by atoms with Gasteiger partial charge in [0.05, 0.1) is 0 Å². The molecule has 3 rings (SSSR count). The summed E-state index contributed by atoms with van der Waals surface area (Å²) in [5.74, 6) is 1.45. The maximum Gasteiger partial charge on any atom is 0.134 e. The molecule has 2 aliphatic heterocycles. The van der Waals surface area contributed by atoms with Crippen molar-refractivity contribution < 1.29 is 19.6 Å². The Bertz CT molecular complexity index is 572. The van der Waals surface area contributed by atoms with Gasteiger partial charge in [-0.25, -0.2) is 19.6 Å². The zero-order valence-electron chi connectivity index (χ0n) is 19.4. The third-order valence-electron chi connectivity index (χ3n) is 7.53. The van der Waals surface area contributed by atoms with E-state index in [2.05, 4.69) is 76.2 Å². The van der Waals surface area contributed by atoms with Gasteiger partial charge in [0.25, 0.3) is 0 Å². The molecule has 0 aromatic carbocycles. The van der Waals surface area contributed by atoms with Crippen LogP contribution in [0.15, 0.2) is 0 Å². The molecule has 1 aliphatic carbocycles. The summed E-state index contributed by atoms with van der Waals surface area (Å²) in [4.78, 5) is 23.0. The third kappa shape index (κ3) is 3.29. The number of hydrogen-bond donors (Lipinski definition) is 0. The highest BCUT2D eigenvalue weighted by Crippen LogP contribution is 2.61. The molecule has 3 aliphatic rings. The minimum atomic E-state index is -0.243. The summed E-state index contributed by atoms with van der Waals surface area (Å²) in [6, 6.07) is 0.